The summed E-state index contributed by atoms with van der Waals surface area (Å²) in [7, 11) is 0. The second-order valence-electron chi connectivity index (χ2n) is 3.74. The Bertz CT molecular complexity index is 408. The van der Waals surface area contributed by atoms with Gasteiger partial charge in [-0.1, -0.05) is 0 Å². The molecule has 16 heavy (non-hydrogen) atoms. The molecule has 0 bridgehead atoms. The van der Waals surface area contributed by atoms with Crippen LogP contribution >= 0.6 is 11.3 Å². The van der Waals surface area contributed by atoms with Crippen molar-refractivity contribution in [2.75, 3.05) is 6.54 Å². The number of thiazole rings is 1. The van der Waals surface area contributed by atoms with E-state index in [1.165, 1.54) is 5.01 Å². The number of rotatable bonds is 6. The Morgan fingerprint density at radius 3 is 3.12 bits per heavy atom. The first-order valence-electron chi connectivity index (χ1n) is 5.49. The Labute approximate surface area is 99.5 Å². The highest BCUT2D eigenvalue weighted by Crippen LogP contribution is 2.10. The van der Waals surface area contributed by atoms with Gasteiger partial charge in [0, 0.05) is 17.5 Å². The molecule has 0 aliphatic carbocycles. The zero-order valence-corrected chi connectivity index (χ0v) is 10.2. The van der Waals surface area contributed by atoms with Gasteiger partial charge in [-0.15, -0.1) is 11.3 Å². The number of nitrogens with zero attached hydrogens (tertiary/aromatic N) is 1. The monoisotopic (exact) mass is 236 g/mol. The van der Waals surface area contributed by atoms with E-state index in [1.54, 1.807) is 17.6 Å². The van der Waals surface area contributed by atoms with E-state index < -0.39 is 0 Å². The Hall–Kier alpha value is -1.13. The fraction of sp³-hybridized carbons (Fsp3) is 0.417. The fourth-order valence-electron chi connectivity index (χ4n) is 1.51. The molecule has 0 saturated heterocycles. The molecule has 3 nitrogen and oxygen atoms in total. The van der Waals surface area contributed by atoms with Gasteiger partial charge in [-0.25, -0.2) is 4.98 Å². The van der Waals surface area contributed by atoms with E-state index in [0.29, 0.717) is 0 Å². The number of furan rings is 1. The Morgan fingerprint density at radius 1 is 1.50 bits per heavy atom. The molecule has 0 amide bonds. The van der Waals surface area contributed by atoms with Crippen LogP contribution in [0.5, 0.6) is 0 Å². The van der Waals surface area contributed by atoms with Crippen molar-refractivity contribution in [3.63, 3.8) is 0 Å². The van der Waals surface area contributed by atoms with Crippen LogP contribution in [0.25, 0.3) is 0 Å². The van der Waals surface area contributed by atoms with E-state index >= 15 is 0 Å². The molecule has 0 aliphatic heterocycles. The summed E-state index contributed by atoms with van der Waals surface area (Å²) in [6.07, 6.45) is 3.88. The highest BCUT2D eigenvalue weighted by molar-refractivity contribution is 7.09. The number of hydrogen-bond acceptors (Lipinski definition) is 4. The molecule has 0 unspecified atom stereocenters. The molecule has 2 rings (SSSR count). The second kappa shape index (κ2) is 5.82. The summed E-state index contributed by atoms with van der Waals surface area (Å²) in [4.78, 5) is 4.43. The normalized spacial score (nSPS) is 10.8. The molecular weight excluding hydrogens is 220 g/mol. The largest absolute Gasteiger partial charge is 0.468 e. The van der Waals surface area contributed by atoms with Crippen LogP contribution in [0.1, 0.15) is 22.9 Å². The second-order valence-corrected chi connectivity index (χ2v) is 4.68. The molecule has 0 saturated carbocycles. The van der Waals surface area contributed by atoms with Crippen LogP contribution < -0.4 is 5.32 Å². The van der Waals surface area contributed by atoms with Crippen molar-refractivity contribution < 1.29 is 4.42 Å². The van der Waals surface area contributed by atoms with Crippen LogP contribution in [0, 0.1) is 6.92 Å². The van der Waals surface area contributed by atoms with E-state index in [0.717, 1.165) is 37.4 Å². The lowest BCUT2D eigenvalue weighted by molar-refractivity contribution is 0.481. The lowest BCUT2D eigenvalue weighted by Gasteiger charge is -2.00. The van der Waals surface area contributed by atoms with E-state index in [9.17, 15) is 0 Å². The van der Waals surface area contributed by atoms with Crippen LogP contribution in [0.2, 0.25) is 0 Å². The third kappa shape index (κ3) is 3.47. The first kappa shape index (κ1) is 11.4. The van der Waals surface area contributed by atoms with Crippen LogP contribution in [0.3, 0.4) is 0 Å². The molecule has 2 heterocycles. The third-order valence-electron chi connectivity index (χ3n) is 2.29. The number of nitrogens with one attached hydrogen (secondary N) is 1. The van der Waals surface area contributed by atoms with Gasteiger partial charge in [-0.3, -0.25) is 0 Å². The summed E-state index contributed by atoms with van der Waals surface area (Å²) in [5, 5.41) is 6.68. The lowest BCUT2D eigenvalue weighted by Crippen LogP contribution is -2.14. The van der Waals surface area contributed by atoms with Crippen molar-refractivity contribution >= 4 is 11.3 Å². The molecule has 1 N–H and O–H groups in total. The van der Waals surface area contributed by atoms with Crippen molar-refractivity contribution in [1.29, 1.82) is 0 Å². The first-order valence-corrected chi connectivity index (χ1v) is 6.36. The topological polar surface area (TPSA) is 38.1 Å². The maximum atomic E-state index is 5.23. The zero-order chi connectivity index (χ0) is 11.2. The van der Waals surface area contributed by atoms with Gasteiger partial charge < -0.3 is 9.73 Å². The molecular formula is C12H16N2OS. The molecule has 0 aliphatic rings. The van der Waals surface area contributed by atoms with Gasteiger partial charge in [0.25, 0.3) is 0 Å². The maximum absolute atomic E-state index is 5.23. The summed E-state index contributed by atoms with van der Waals surface area (Å²) in [5.41, 5.74) is 1.13. The number of hydrogen-bond donors (Lipinski definition) is 1. The Morgan fingerprint density at radius 2 is 2.44 bits per heavy atom. The Kier molecular flexibility index (Phi) is 4.13. The van der Waals surface area contributed by atoms with Crippen LogP contribution in [0.15, 0.2) is 28.2 Å². The van der Waals surface area contributed by atoms with Crippen molar-refractivity contribution in [2.45, 2.75) is 26.3 Å². The third-order valence-corrected chi connectivity index (χ3v) is 3.32. The molecule has 86 valence electrons. The minimum Gasteiger partial charge on any atom is -0.468 e. The molecule has 0 atom stereocenters. The summed E-state index contributed by atoms with van der Waals surface area (Å²) in [6.45, 7) is 3.85. The summed E-state index contributed by atoms with van der Waals surface area (Å²) < 4.78 is 5.23. The summed E-state index contributed by atoms with van der Waals surface area (Å²) in [5.74, 6) is 0.991. The van der Waals surface area contributed by atoms with Gasteiger partial charge in [0.2, 0.25) is 0 Å². The van der Waals surface area contributed by atoms with Gasteiger partial charge >= 0.3 is 0 Å². The Balaban J connectivity index is 1.59. The first-order chi connectivity index (χ1) is 7.84. The fourth-order valence-corrected chi connectivity index (χ4v) is 2.33. The van der Waals surface area contributed by atoms with Gasteiger partial charge in [-0.05, 0) is 32.0 Å². The highest BCUT2D eigenvalue weighted by atomic mass is 32.1. The van der Waals surface area contributed by atoms with Gasteiger partial charge in [0.1, 0.15) is 5.76 Å². The van der Waals surface area contributed by atoms with Gasteiger partial charge in [0.15, 0.2) is 0 Å². The summed E-state index contributed by atoms with van der Waals surface area (Å²) >= 11 is 1.75. The quantitative estimate of drug-likeness (QED) is 0.784. The number of aryl methyl sites for hydroxylation is 2. The van der Waals surface area contributed by atoms with Gasteiger partial charge in [-0.2, -0.15) is 0 Å². The number of aromatic nitrogens is 1. The van der Waals surface area contributed by atoms with Crippen molar-refractivity contribution in [3.8, 4) is 0 Å². The van der Waals surface area contributed by atoms with Crippen molar-refractivity contribution in [3.05, 3.63) is 40.2 Å². The predicted molar refractivity (Wildman–Crippen MR) is 65.6 cm³/mol. The smallest absolute Gasteiger partial charge is 0.117 e. The standard InChI is InChI=1S/C12H16N2OS/c1-10-9-16-12(14-10)5-2-6-13-8-11-4-3-7-15-11/h3-4,7,9,13H,2,5-6,8H2,1H3. The molecule has 2 aromatic rings. The molecule has 0 spiro atoms. The van der Waals surface area contributed by atoms with E-state index in [2.05, 4.69) is 15.7 Å². The van der Waals surface area contributed by atoms with Crippen LogP contribution in [0.4, 0.5) is 0 Å². The van der Waals surface area contributed by atoms with Crippen molar-refractivity contribution in [1.82, 2.24) is 10.3 Å². The average molecular weight is 236 g/mol. The molecule has 4 heteroatoms. The molecule has 0 radical (unpaired) electrons. The highest BCUT2D eigenvalue weighted by Gasteiger charge is 1.98. The molecule has 0 aromatic carbocycles. The van der Waals surface area contributed by atoms with Crippen LogP contribution in [-0.4, -0.2) is 11.5 Å². The van der Waals surface area contributed by atoms with E-state index in [1.807, 2.05) is 19.1 Å². The maximum Gasteiger partial charge on any atom is 0.117 e. The van der Waals surface area contributed by atoms with E-state index in [-0.39, 0.29) is 0 Å². The SMILES string of the molecule is Cc1csc(CCCNCc2ccco2)n1. The zero-order valence-electron chi connectivity index (χ0n) is 9.40. The lowest BCUT2D eigenvalue weighted by atomic mass is 10.3. The van der Waals surface area contributed by atoms with E-state index in [4.69, 9.17) is 4.42 Å². The van der Waals surface area contributed by atoms with Crippen LogP contribution in [-0.2, 0) is 13.0 Å². The minimum absolute atomic E-state index is 0.809. The van der Waals surface area contributed by atoms with Crippen molar-refractivity contribution in [2.24, 2.45) is 0 Å². The summed E-state index contributed by atoms with van der Waals surface area (Å²) in [6, 6.07) is 3.90. The average Bonchev–Trinajstić information content (AvgIpc) is 2.89. The predicted octanol–water partition coefficient (Wildman–Crippen LogP) is 2.77. The minimum atomic E-state index is 0.809. The van der Waals surface area contributed by atoms with Gasteiger partial charge in [0.05, 0.1) is 17.8 Å². The molecule has 0 fully saturated rings. The molecule has 2 aromatic heterocycles.